The lowest BCUT2D eigenvalue weighted by atomic mass is 10.1. The second-order valence-corrected chi connectivity index (χ2v) is 12.5. The van der Waals surface area contributed by atoms with Crippen LogP contribution >= 0.6 is 7.82 Å². The Kier molecular flexibility index (Phi) is 31.0. The molecule has 10 heteroatoms. The molecule has 0 aromatic rings. The third-order valence-electron chi connectivity index (χ3n) is 6.70. The molecule has 0 aromatic heterocycles. The molecular weight excluding hydrogens is 605 g/mol. The fraction of sp³-hybridized carbons (Fsp3) is 0.667. The standard InChI is InChI=1S/C36H62NO8P/c1-3-5-7-9-11-13-15-16-17-18-19-21-23-25-27-29-36(39)45-34(33-44-46(40,41)43-31-30-37)32-42-35(38)28-26-24-22-20-14-12-10-8-6-4-2/h5,7,11,13,16-17,19,21,25,27,34H,3-4,6,8-10,12,14-15,18,20,22-24,26,28-33,37H2,1-2H3,(H,40,41)/b7-5-,13-11-,17-16-,21-19-,27-25-. The summed E-state index contributed by atoms with van der Waals surface area (Å²) in [4.78, 5) is 34.5. The predicted octanol–water partition coefficient (Wildman–Crippen LogP) is 8.99. The van der Waals surface area contributed by atoms with Gasteiger partial charge in [0.2, 0.25) is 0 Å². The van der Waals surface area contributed by atoms with E-state index in [1.54, 1.807) is 6.08 Å². The molecule has 3 N–H and O–H groups in total. The van der Waals surface area contributed by atoms with Crippen molar-refractivity contribution in [1.29, 1.82) is 0 Å². The second-order valence-electron chi connectivity index (χ2n) is 11.0. The van der Waals surface area contributed by atoms with Crippen molar-refractivity contribution in [3.05, 3.63) is 60.8 Å². The molecule has 0 rings (SSSR count). The molecule has 0 aliphatic heterocycles. The average molecular weight is 668 g/mol. The van der Waals surface area contributed by atoms with Crippen LogP contribution in [0.4, 0.5) is 0 Å². The van der Waals surface area contributed by atoms with Gasteiger partial charge in [-0.2, -0.15) is 0 Å². The monoisotopic (exact) mass is 667 g/mol. The van der Waals surface area contributed by atoms with Gasteiger partial charge < -0.3 is 20.1 Å². The third-order valence-corrected chi connectivity index (χ3v) is 7.69. The summed E-state index contributed by atoms with van der Waals surface area (Å²) in [5.74, 6) is -0.985. The first-order valence-electron chi connectivity index (χ1n) is 17.3. The lowest BCUT2D eigenvalue weighted by molar-refractivity contribution is -0.160. The van der Waals surface area contributed by atoms with Gasteiger partial charge in [-0.15, -0.1) is 0 Å². The molecule has 0 bridgehead atoms. The van der Waals surface area contributed by atoms with Crippen LogP contribution in [0.15, 0.2) is 60.8 Å². The summed E-state index contributed by atoms with van der Waals surface area (Å²) in [6.45, 7) is 3.45. The van der Waals surface area contributed by atoms with Gasteiger partial charge in [0.25, 0.3) is 0 Å². The van der Waals surface area contributed by atoms with Crippen LogP contribution in [0.1, 0.15) is 123 Å². The Morgan fingerprint density at radius 1 is 0.674 bits per heavy atom. The first kappa shape index (κ1) is 43.7. The number of allylic oxidation sites excluding steroid dienone is 9. The molecule has 0 amide bonds. The zero-order valence-electron chi connectivity index (χ0n) is 28.5. The molecule has 0 saturated carbocycles. The Labute approximate surface area is 279 Å². The number of carbonyl (C=O) groups is 2. The van der Waals surface area contributed by atoms with Gasteiger partial charge in [0.15, 0.2) is 6.10 Å². The Morgan fingerprint density at radius 3 is 1.70 bits per heavy atom. The number of esters is 2. The molecular formula is C36H62NO8P. The van der Waals surface area contributed by atoms with Gasteiger partial charge in [0.05, 0.1) is 19.6 Å². The second kappa shape index (κ2) is 32.6. The van der Waals surface area contributed by atoms with Crippen molar-refractivity contribution < 1.29 is 37.6 Å². The highest BCUT2D eigenvalue weighted by Crippen LogP contribution is 2.43. The molecule has 0 fully saturated rings. The minimum absolute atomic E-state index is 0.00294. The Morgan fingerprint density at radius 2 is 1.17 bits per heavy atom. The summed E-state index contributed by atoms with van der Waals surface area (Å²) < 4.78 is 32.4. The average Bonchev–Trinajstić information content (AvgIpc) is 3.04. The quantitative estimate of drug-likeness (QED) is 0.0321. The van der Waals surface area contributed by atoms with E-state index in [4.69, 9.17) is 24.3 Å². The Balaban J connectivity index is 4.46. The van der Waals surface area contributed by atoms with Crippen molar-refractivity contribution in [2.75, 3.05) is 26.4 Å². The predicted molar refractivity (Wildman–Crippen MR) is 187 cm³/mol. The van der Waals surface area contributed by atoms with E-state index in [9.17, 15) is 19.0 Å². The summed E-state index contributed by atoms with van der Waals surface area (Å²) in [6.07, 6.45) is 35.7. The van der Waals surface area contributed by atoms with E-state index in [2.05, 4.69) is 56.4 Å². The molecule has 46 heavy (non-hydrogen) atoms. The molecule has 0 spiro atoms. The van der Waals surface area contributed by atoms with Crippen molar-refractivity contribution in [3.63, 3.8) is 0 Å². The third kappa shape index (κ3) is 31.7. The van der Waals surface area contributed by atoms with Gasteiger partial charge in [0, 0.05) is 13.0 Å². The van der Waals surface area contributed by atoms with E-state index in [1.807, 2.05) is 12.2 Å². The van der Waals surface area contributed by atoms with Crippen LogP contribution in [0.2, 0.25) is 0 Å². The summed E-state index contributed by atoms with van der Waals surface area (Å²) in [5, 5.41) is 0. The van der Waals surface area contributed by atoms with Crippen molar-refractivity contribution in [1.82, 2.24) is 0 Å². The van der Waals surface area contributed by atoms with Crippen LogP contribution in [0.25, 0.3) is 0 Å². The lowest BCUT2D eigenvalue weighted by Crippen LogP contribution is -2.29. The maximum atomic E-state index is 12.4. The van der Waals surface area contributed by atoms with Crippen LogP contribution in [0.5, 0.6) is 0 Å². The summed E-state index contributed by atoms with van der Waals surface area (Å²) >= 11 is 0. The van der Waals surface area contributed by atoms with Gasteiger partial charge in [-0.1, -0.05) is 132 Å². The zero-order valence-corrected chi connectivity index (χ0v) is 29.4. The number of phosphoric acid groups is 1. The first-order chi connectivity index (χ1) is 22.3. The van der Waals surface area contributed by atoms with Gasteiger partial charge in [-0.05, 0) is 38.5 Å². The lowest BCUT2D eigenvalue weighted by Gasteiger charge is -2.19. The smallest absolute Gasteiger partial charge is 0.462 e. The SMILES string of the molecule is CC/C=C\C/C=C\C/C=C\C/C=C\C/C=C\CC(=O)OC(COC(=O)CCCCCCCCCCCC)COP(=O)(O)OCCN. The summed E-state index contributed by atoms with van der Waals surface area (Å²) in [7, 11) is -4.39. The zero-order chi connectivity index (χ0) is 34.0. The molecule has 0 radical (unpaired) electrons. The maximum absolute atomic E-state index is 12.4. The molecule has 9 nitrogen and oxygen atoms in total. The highest BCUT2D eigenvalue weighted by Gasteiger charge is 2.25. The molecule has 2 unspecified atom stereocenters. The van der Waals surface area contributed by atoms with E-state index < -0.39 is 32.5 Å². The number of rotatable bonds is 31. The van der Waals surface area contributed by atoms with Gasteiger partial charge >= 0.3 is 19.8 Å². The molecule has 0 heterocycles. The van der Waals surface area contributed by atoms with Crippen LogP contribution in [0, 0.1) is 0 Å². The van der Waals surface area contributed by atoms with Crippen molar-refractivity contribution in [2.24, 2.45) is 5.73 Å². The minimum Gasteiger partial charge on any atom is -0.462 e. The molecule has 0 saturated heterocycles. The fourth-order valence-electron chi connectivity index (χ4n) is 4.18. The number of phosphoric ester groups is 1. The van der Waals surface area contributed by atoms with E-state index in [0.717, 1.165) is 44.9 Å². The maximum Gasteiger partial charge on any atom is 0.472 e. The first-order valence-corrected chi connectivity index (χ1v) is 18.8. The van der Waals surface area contributed by atoms with E-state index >= 15 is 0 Å². The highest BCUT2D eigenvalue weighted by molar-refractivity contribution is 7.47. The topological polar surface area (TPSA) is 134 Å². The number of unbranched alkanes of at least 4 members (excludes halogenated alkanes) is 9. The van der Waals surface area contributed by atoms with E-state index in [0.29, 0.717) is 6.42 Å². The minimum atomic E-state index is -4.39. The largest absolute Gasteiger partial charge is 0.472 e. The van der Waals surface area contributed by atoms with E-state index in [1.165, 1.54) is 44.9 Å². The Bertz CT molecular complexity index is 944. The van der Waals surface area contributed by atoms with Crippen LogP contribution < -0.4 is 5.73 Å². The van der Waals surface area contributed by atoms with Crippen LogP contribution in [-0.4, -0.2) is 49.3 Å². The van der Waals surface area contributed by atoms with Gasteiger partial charge in [-0.3, -0.25) is 18.6 Å². The number of carbonyl (C=O) groups excluding carboxylic acids is 2. The van der Waals surface area contributed by atoms with Crippen molar-refractivity contribution in [2.45, 2.75) is 129 Å². The molecule has 264 valence electrons. The molecule has 0 aliphatic rings. The van der Waals surface area contributed by atoms with Crippen molar-refractivity contribution >= 4 is 19.8 Å². The summed E-state index contributed by atoms with van der Waals surface area (Å²) in [5.41, 5.74) is 5.31. The van der Waals surface area contributed by atoms with Crippen molar-refractivity contribution in [3.8, 4) is 0 Å². The van der Waals surface area contributed by atoms with Gasteiger partial charge in [0.1, 0.15) is 6.61 Å². The van der Waals surface area contributed by atoms with Gasteiger partial charge in [-0.25, -0.2) is 4.57 Å². The normalized spacial score (nSPS) is 14.3. The van der Waals surface area contributed by atoms with Crippen LogP contribution in [-0.2, 0) is 32.7 Å². The number of hydrogen-bond acceptors (Lipinski definition) is 8. The van der Waals surface area contributed by atoms with Crippen LogP contribution in [0.3, 0.4) is 0 Å². The number of hydrogen-bond donors (Lipinski definition) is 2. The Hall–Kier alpha value is -2.29. The molecule has 0 aromatic carbocycles. The molecule has 2 atom stereocenters. The summed E-state index contributed by atoms with van der Waals surface area (Å²) in [6, 6.07) is 0. The molecule has 0 aliphatic carbocycles. The highest BCUT2D eigenvalue weighted by atomic mass is 31.2. The van der Waals surface area contributed by atoms with E-state index in [-0.39, 0.29) is 32.6 Å². The number of ether oxygens (including phenoxy) is 2. The number of nitrogens with two attached hydrogens (primary N) is 1. The fourth-order valence-corrected chi connectivity index (χ4v) is 4.94.